The van der Waals surface area contributed by atoms with E-state index in [-0.39, 0.29) is 17.4 Å². The number of benzene rings is 5. The number of methoxy groups -OCH3 is 1. The number of carbonyl (C=O) groups is 3. The molecule has 250 valence electrons. The first kappa shape index (κ1) is 34.0. The van der Waals surface area contributed by atoms with E-state index in [0.29, 0.717) is 27.7 Å². The summed E-state index contributed by atoms with van der Waals surface area (Å²) in [5.41, 5.74) is 3.03. The number of hydrogen-bond donors (Lipinski definition) is 4. The molecule has 3 amide bonds. The van der Waals surface area contributed by atoms with E-state index in [4.69, 9.17) is 4.74 Å². The van der Waals surface area contributed by atoms with Gasteiger partial charge in [-0.25, -0.2) is 4.98 Å². The molecule has 0 bridgehead atoms. The smallest absolute Gasteiger partial charge is 0.272 e. The van der Waals surface area contributed by atoms with Crippen LogP contribution in [0.25, 0.3) is 28.1 Å². The number of rotatable bonds is 11. The maximum atomic E-state index is 13.6. The van der Waals surface area contributed by atoms with Gasteiger partial charge in [-0.15, -0.1) is 23.1 Å². The van der Waals surface area contributed by atoms with Crippen LogP contribution in [-0.2, 0) is 9.59 Å². The van der Waals surface area contributed by atoms with Gasteiger partial charge in [0.2, 0.25) is 5.91 Å². The van der Waals surface area contributed by atoms with Gasteiger partial charge in [-0.3, -0.25) is 14.4 Å². The van der Waals surface area contributed by atoms with Crippen molar-refractivity contribution >= 4 is 68.5 Å². The lowest BCUT2D eigenvalue weighted by Crippen LogP contribution is -2.30. The van der Waals surface area contributed by atoms with Gasteiger partial charge >= 0.3 is 0 Å². The van der Waals surface area contributed by atoms with E-state index in [1.165, 1.54) is 48.4 Å². The Kier molecular flexibility index (Phi) is 10.6. The molecule has 4 N–H and O–H groups in total. The molecule has 6 rings (SSSR count). The first-order valence-corrected chi connectivity index (χ1v) is 17.3. The normalized spacial score (nSPS) is 11.8. The van der Waals surface area contributed by atoms with Crippen molar-refractivity contribution in [2.24, 2.45) is 0 Å². The van der Waals surface area contributed by atoms with Gasteiger partial charge in [-0.1, -0.05) is 60.7 Å². The van der Waals surface area contributed by atoms with Crippen LogP contribution in [0, 0.1) is 0 Å². The first-order chi connectivity index (χ1) is 24.2. The van der Waals surface area contributed by atoms with E-state index in [0.717, 1.165) is 26.9 Å². The molecule has 50 heavy (non-hydrogen) atoms. The fourth-order valence-electron chi connectivity index (χ4n) is 5.04. The largest absolute Gasteiger partial charge is 0.508 e. The SMILES string of the molecule is COc1cc(O)ccc1/C=C(/NC(=O)c1ccccc1)C(=O)Nc1cccc(SC(C)C(=O)Nc2nc(-c3ccc4ccccc4c3)cs2)c1. The Hall–Kier alpha value is -5.91. The predicted octanol–water partition coefficient (Wildman–Crippen LogP) is 8.21. The topological polar surface area (TPSA) is 130 Å². The average molecular weight is 701 g/mol. The van der Waals surface area contributed by atoms with Gasteiger partial charge in [0.1, 0.15) is 17.2 Å². The van der Waals surface area contributed by atoms with Crippen LogP contribution in [0.3, 0.4) is 0 Å². The zero-order valence-corrected chi connectivity index (χ0v) is 28.7. The number of hydrogen-bond acceptors (Lipinski definition) is 8. The Morgan fingerprint density at radius 3 is 2.44 bits per heavy atom. The van der Waals surface area contributed by atoms with Crippen LogP contribution in [-0.4, -0.2) is 40.2 Å². The number of amides is 3. The lowest BCUT2D eigenvalue weighted by Gasteiger charge is -2.14. The Labute approximate surface area is 297 Å². The van der Waals surface area contributed by atoms with Gasteiger partial charge in [0.25, 0.3) is 11.8 Å². The number of nitrogens with one attached hydrogen (secondary N) is 3. The summed E-state index contributed by atoms with van der Waals surface area (Å²) < 4.78 is 5.37. The monoisotopic (exact) mass is 700 g/mol. The molecule has 1 unspecified atom stereocenters. The first-order valence-electron chi connectivity index (χ1n) is 15.5. The molecule has 0 aliphatic rings. The summed E-state index contributed by atoms with van der Waals surface area (Å²) in [6, 6.07) is 34.4. The Bertz CT molecular complexity index is 2220. The lowest BCUT2D eigenvalue weighted by atomic mass is 10.1. The highest BCUT2D eigenvalue weighted by Gasteiger charge is 2.19. The molecular weight excluding hydrogens is 669 g/mol. The van der Waals surface area contributed by atoms with E-state index in [9.17, 15) is 19.5 Å². The molecular formula is C39H32N4O5S2. The molecule has 11 heteroatoms. The Balaban J connectivity index is 1.13. The van der Waals surface area contributed by atoms with E-state index in [1.807, 2.05) is 29.6 Å². The summed E-state index contributed by atoms with van der Waals surface area (Å²) in [5.74, 6) is -0.951. The summed E-state index contributed by atoms with van der Waals surface area (Å²) in [5, 5.41) is 22.6. The number of anilines is 2. The Morgan fingerprint density at radius 2 is 1.64 bits per heavy atom. The van der Waals surface area contributed by atoms with E-state index in [2.05, 4.69) is 45.2 Å². The quantitative estimate of drug-likeness (QED) is 0.0792. The number of ether oxygens (including phenoxy) is 1. The van der Waals surface area contributed by atoms with Crippen molar-refractivity contribution in [2.45, 2.75) is 17.1 Å². The van der Waals surface area contributed by atoms with Crippen molar-refractivity contribution in [2.75, 3.05) is 17.7 Å². The third-order valence-corrected chi connectivity index (χ3v) is 9.45. The predicted molar refractivity (Wildman–Crippen MR) is 201 cm³/mol. The molecule has 9 nitrogen and oxygen atoms in total. The Morgan fingerprint density at radius 1 is 0.860 bits per heavy atom. The van der Waals surface area contributed by atoms with E-state index >= 15 is 0 Å². The van der Waals surface area contributed by atoms with Gasteiger partial charge < -0.3 is 25.8 Å². The highest BCUT2D eigenvalue weighted by Crippen LogP contribution is 2.31. The van der Waals surface area contributed by atoms with E-state index < -0.39 is 17.1 Å². The molecule has 0 spiro atoms. The molecule has 1 atom stereocenters. The molecule has 1 heterocycles. The lowest BCUT2D eigenvalue weighted by molar-refractivity contribution is -0.115. The second-order valence-electron chi connectivity index (χ2n) is 11.1. The van der Waals surface area contributed by atoms with Gasteiger partial charge in [0, 0.05) is 38.7 Å². The molecule has 0 saturated heterocycles. The number of phenolic OH excluding ortho intramolecular Hbond substituents is 1. The number of aromatic nitrogens is 1. The zero-order valence-electron chi connectivity index (χ0n) is 27.0. The second-order valence-corrected chi connectivity index (χ2v) is 13.4. The molecule has 0 saturated carbocycles. The van der Waals surface area contributed by atoms with Gasteiger partial charge in [-0.2, -0.15) is 0 Å². The van der Waals surface area contributed by atoms with Gasteiger partial charge in [-0.05, 0) is 72.3 Å². The number of thiazole rings is 1. The fourth-order valence-corrected chi connectivity index (χ4v) is 6.69. The van der Waals surface area contributed by atoms with Crippen molar-refractivity contribution in [3.63, 3.8) is 0 Å². The minimum atomic E-state index is -0.580. The van der Waals surface area contributed by atoms with Crippen LogP contribution in [0.2, 0.25) is 0 Å². The van der Waals surface area contributed by atoms with Crippen molar-refractivity contribution in [3.05, 3.63) is 137 Å². The number of phenols is 1. The van der Waals surface area contributed by atoms with Crippen molar-refractivity contribution < 1.29 is 24.2 Å². The highest BCUT2D eigenvalue weighted by atomic mass is 32.2. The standard InChI is InChI=1S/C39H32N4O5S2/c1-24(36(45)43-39-42-34(23-49-39)28-16-15-25-9-6-7-12-27(25)19-28)50-32-14-8-13-30(21-32)40-38(47)33(41-37(46)26-10-4-3-5-11-26)20-29-17-18-31(44)22-35(29)48-2/h3-24,44H,1-2H3,(H,40,47)(H,41,46)(H,42,43,45)/b33-20+. The molecule has 5 aromatic carbocycles. The molecule has 0 fully saturated rings. The van der Waals surface area contributed by atoms with Gasteiger partial charge in [0.15, 0.2) is 5.13 Å². The number of aromatic hydroxyl groups is 1. The third kappa shape index (κ3) is 8.38. The minimum absolute atomic E-state index is 0.00651. The van der Waals surface area contributed by atoms with Crippen LogP contribution in [0.5, 0.6) is 11.5 Å². The summed E-state index contributed by atoms with van der Waals surface area (Å²) in [4.78, 5) is 45.2. The number of nitrogens with zero attached hydrogens (tertiary/aromatic N) is 1. The van der Waals surface area contributed by atoms with Crippen molar-refractivity contribution in [3.8, 4) is 22.8 Å². The highest BCUT2D eigenvalue weighted by molar-refractivity contribution is 8.00. The molecule has 0 radical (unpaired) electrons. The third-order valence-electron chi connectivity index (χ3n) is 7.60. The summed E-state index contributed by atoms with van der Waals surface area (Å²) in [7, 11) is 1.44. The summed E-state index contributed by atoms with van der Waals surface area (Å²) in [6.07, 6.45) is 1.48. The number of carbonyl (C=O) groups excluding carboxylic acids is 3. The summed E-state index contributed by atoms with van der Waals surface area (Å²) >= 11 is 2.70. The molecule has 1 aromatic heterocycles. The maximum Gasteiger partial charge on any atom is 0.272 e. The van der Waals surface area contributed by atoms with Crippen LogP contribution >= 0.6 is 23.1 Å². The average Bonchev–Trinajstić information content (AvgIpc) is 3.60. The van der Waals surface area contributed by atoms with Crippen LogP contribution in [0.15, 0.2) is 131 Å². The van der Waals surface area contributed by atoms with E-state index in [1.54, 1.807) is 61.5 Å². The molecule has 6 aromatic rings. The number of thioether (sulfide) groups is 1. The number of fused-ring (bicyclic) bond motifs is 1. The second kappa shape index (κ2) is 15.5. The van der Waals surface area contributed by atoms with Crippen LogP contribution in [0.1, 0.15) is 22.8 Å². The molecule has 0 aliphatic carbocycles. The summed E-state index contributed by atoms with van der Waals surface area (Å²) in [6.45, 7) is 1.80. The molecule has 0 aliphatic heterocycles. The maximum absolute atomic E-state index is 13.6. The van der Waals surface area contributed by atoms with Crippen molar-refractivity contribution in [1.29, 1.82) is 0 Å². The fraction of sp³-hybridized carbons (Fsp3) is 0.0769. The van der Waals surface area contributed by atoms with Crippen molar-refractivity contribution in [1.82, 2.24) is 10.3 Å². The minimum Gasteiger partial charge on any atom is -0.508 e. The van der Waals surface area contributed by atoms with Crippen LogP contribution < -0.4 is 20.7 Å². The van der Waals surface area contributed by atoms with Crippen LogP contribution in [0.4, 0.5) is 10.8 Å². The zero-order chi connectivity index (χ0) is 35.0. The van der Waals surface area contributed by atoms with Gasteiger partial charge in [0.05, 0.1) is 18.1 Å².